The minimum Gasteiger partial charge on any atom is -0.368 e. The Labute approximate surface area is 40.8 Å². The number of hydrogen-bond acceptors (Lipinski definition) is 4. The molecule has 0 fully saturated rings. The van der Waals surface area contributed by atoms with Crippen LogP contribution in [0.25, 0.3) is 0 Å². The molecule has 0 aliphatic carbocycles. The molecule has 42 valence electrons. The second-order valence-corrected chi connectivity index (χ2v) is 1.12. The standard InChI is InChI=1S/C3H7NO3/c5-3(6)1-2-4-7/h3,5-6H,1-2H2. The molecular formula is C3H7NO3. The Balaban J connectivity index is 2.81. The summed E-state index contributed by atoms with van der Waals surface area (Å²) in [4.78, 5) is 9.24. The Bertz CT molecular complexity index is 54.1. The van der Waals surface area contributed by atoms with Gasteiger partial charge in [0.1, 0.15) is 0 Å². The Morgan fingerprint density at radius 3 is 2.29 bits per heavy atom. The number of nitrogens with zero attached hydrogens (tertiary/aromatic N) is 1. The van der Waals surface area contributed by atoms with Crippen LogP contribution < -0.4 is 0 Å². The third kappa shape index (κ3) is 5.52. The second-order valence-electron chi connectivity index (χ2n) is 1.12. The van der Waals surface area contributed by atoms with Crippen molar-refractivity contribution in [1.29, 1.82) is 0 Å². The molecular weight excluding hydrogens is 98.0 g/mol. The Hall–Kier alpha value is -0.480. The maximum Gasteiger partial charge on any atom is 0.153 e. The maximum absolute atomic E-state index is 9.24. The number of rotatable bonds is 3. The van der Waals surface area contributed by atoms with Gasteiger partial charge in [-0.2, -0.15) is 4.91 Å². The highest BCUT2D eigenvalue weighted by Crippen LogP contribution is 1.83. The van der Waals surface area contributed by atoms with Crippen molar-refractivity contribution in [3.8, 4) is 0 Å². The van der Waals surface area contributed by atoms with E-state index in [9.17, 15) is 4.91 Å². The fraction of sp³-hybridized carbons (Fsp3) is 1.00. The van der Waals surface area contributed by atoms with Crippen molar-refractivity contribution < 1.29 is 10.2 Å². The van der Waals surface area contributed by atoms with Crippen molar-refractivity contribution in [3.63, 3.8) is 0 Å². The lowest BCUT2D eigenvalue weighted by atomic mass is 10.4. The molecule has 4 heteroatoms. The summed E-state index contributed by atoms with van der Waals surface area (Å²) in [5, 5.41) is 18.5. The van der Waals surface area contributed by atoms with Gasteiger partial charge in [0.25, 0.3) is 0 Å². The third-order valence-electron chi connectivity index (χ3n) is 0.479. The Morgan fingerprint density at radius 1 is 1.57 bits per heavy atom. The average Bonchev–Trinajstić information content (AvgIpc) is 1.61. The van der Waals surface area contributed by atoms with E-state index in [1.54, 1.807) is 0 Å². The van der Waals surface area contributed by atoms with Gasteiger partial charge in [-0.25, -0.2) is 0 Å². The van der Waals surface area contributed by atoms with Crippen molar-refractivity contribution >= 4 is 0 Å². The summed E-state index contributed by atoms with van der Waals surface area (Å²) in [6, 6.07) is 0. The molecule has 0 saturated carbocycles. The van der Waals surface area contributed by atoms with Gasteiger partial charge in [-0.1, -0.05) is 5.18 Å². The minimum atomic E-state index is -1.39. The van der Waals surface area contributed by atoms with Crippen LogP contribution >= 0.6 is 0 Å². The molecule has 0 heterocycles. The van der Waals surface area contributed by atoms with E-state index in [0.717, 1.165) is 0 Å². The summed E-state index contributed by atoms with van der Waals surface area (Å²) in [6.45, 7) is -0.0301. The quantitative estimate of drug-likeness (QED) is 0.374. The predicted molar refractivity (Wildman–Crippen MR) is 23.5 cm³/mol. The first kappa shape index (κ1) is 6.52. The Morgan fingerprint density at radius 2 is 2.14 bits per heavy atom. The van der Waals surface area contributed by atoms with E-state index in [-0.39, 0.29) is 13.0 Å². The molecule has 0 bridgehead atoms. The largest absolute Gasteiger partial charge is 0.368 e. The van der Waals surface area contributed by atoms with E-state index in [1.165, 1.54) is 0 Å². The van der Waals surface area contributed by atoms with E-state index in [4.69, 9.17) is 10.2 Å². The summed E-state index contributed by atoms with van der Waals surface area (Å²) < 4.78 is 0. The smallest absolute Gasteiger partial charge is 0.153 e. The topological polar surface area (TPSA) is 69.9 Å². The number of nitroso groups, excluding NO2 is 1. The van der Waals surface area contributed by atoms with Crippen molar-refractivity contribution in [1.82, 2.24) is 0 Å². The van der Waals surface area contributed by atoms with Crippen LogP contribution in [-0.2, 0) is 0 Å². The van der Waals surface area contributed by atoms with Crippen LogP contribution in [0, 0.1) is 4.91 Å². The lowest BCUT2D eigenvalue weighted by Gasteiger charge is -1.93. The van der Waals surface area contributed by atoms with E-state index in [1.807, 2.05) is 0 Å². The van der Waals surface area contributed by atoms with Crippen LogP contribution in [0.3, 0.4) is 0 Å². The maximum atomic E-state index is 9.24. The summed E-state index contributed by atoms with van der Waals surface area (Å²) in [7, 11) is 0. The summed E-state index contributed by atoms with van der Waals surface area (Å²) >= 11 is 0. The van der Waals surface area contributed by atoms with E-state index >= 15 is 0 Å². The van der Waals surface area contributed by atoms with Crippen LogP contribution in [-0.4, -0.2) is 23.0 Å². The van der Waals surface area contributed by atoms with Gasteiger partial charge in [-0.3, -0.25) is 0 Å². The van der Waals surface area contributed by atoms with Gasteiger partial charge in [0, 0.05) is 6.42 Å². The molecule has 0 atom stereocenters. The number of hydrogen-bond donors (Lipinski definition) is 2. The third-order valence-corrected chi connectivity index (χ3v) is 0.479. The molecule has 0 unspecified atom stereocenters. The molecule has 0 amide bonds. The summed E-state index contributed by atoms with van der Waals surface area (Å²) in [5.41, 5.74) is 0. The lowest BCUT2D eigenvalue weighted by Crippen LogP contribution is -2.04. The van der Waals surface area contributed by atoms with Crippen LogP contribution in [0.2, 0.25) is 0 Å². The molecule has 0 rings (SSSR count). The first-order valence-corrected chi connectivity index (χ1v) is 1.92. The van der Waals surface area contributed by atoms with Crippen LogP contribution in [0.4, 0.5) is 0 Å². The molecule has 2 N–H and O–H groups in total. The van der Waals surface area contributed by atoms with Gasteiger partial charge in [0.2, 0.25) is 0 Å². The highest BCUT2D eigenvalue weighted by atomic mass is 16.5. The fourth-order valence-corrected chi connectivity index (χ4v) is 0.168. The SMILES string of the molecule is O=NCCC(O)O. The van der Waals surface area contributed by atoms with E-state index < -0.39 is 6.29 Å². The molecule has 0 saturated heterocycles. The summed E-state index contributed by atoms with van der Waals surface area (Å²) in [6.07, 6.45) is -1.36. The molecule has 0 aromatic heterocycles. The van der Waals surface area contributed by atoms with Gasteiger partial charge in [-0.05, 0) is 0 Å². The highest BCUT2D eigenvalue weighted by molar-refractivity contribution is 4.41. The molecule has 7 heavy (non-hydrogen) atoms. The second kappa shape index (κ2) is 3.70. The lowest BCUT2D eigenvalue weighted by molar-refractivity contribution is -0.0429. The normalized spacial score (nSPS) is 9.57. The average molecular weight is 105 g/mol. The number of aliphatic hydroxyl groups excluding tert-OH is 1. The van der Waals surface area contributed by atoms with Crippen molar-refractivity contribution in [3.05, 3.63) is 4.91 Å². The zero-order chi connectivity index (χ0) is 5.70. The molecule has 0 aliphatic heterocycles. The predicted octanol–water partition coefficient (Wildman–Crippen LogP) is -0.546. The first-order chi connectivity index (χ1) is 3.27. The minimum absolute atomic E-state index is 0.0301. The van der Waals surface area contributed by atoms with Gasteiger partial charge in [-0.15, -0.1) is 0 Å². The van der Waals surface area contributed by atoms with Crippen molar-refractivity contribution in [2.45, 2.75) is 12.7 Å². The summed E-state index contributed by atoms with van der Waals surface area (Å²) in [5.74, 6) is 0. The van der Waals surface area contributed by atoms with Gasteiger partial charge in [0.15, 0.2) is 6.29 Å². The molecule has 0 aromatic rings. The molecule has 0 spiro atoms. The number of aliphatic hydroxyl groups is 2. The molecule has 0 aliphatic rings. The fourth-order valence-electron chi connectivity index (χ4n) is 0.168. The van der Waals surface area contributed by atoms with E-state index in [2.05, 4.69) is 5.18 Å². The van der Waals surface area contributed by atoms with Crippen molar-refractivity contribution in [2.75, 3.05) is 6.54 Å². The zero-order valence-corrected chi connectivity index (χ0v) is 3.74. The molecule has 0 aromatic carbocycles. The molecule has 0 radical (unpaired) electrons. The Kier molecular flexibility index (Phi) is 3.45. The van der Waals surface area contributed by atoms with Gasteiger partial charge in [0.05, 0.1) is 6.54 Å². The first-order valence-electron chi connectivity index (χ1n) is 1.92. The van der Waals surface area contributed by atoms with Crippen LogP contribution in [0.1, 0.15) is 6.42 Å². The van der Waals surface area contributed by atoms with E-state index in [0.29, 0.717) is 0 Å². The molecule has 4 nitrogen and oxygen atoms in total. The highest BCUT2D eigenvalue weighted by Gasteiger charge is 1.93. The van der Waals surface area contributed by atoms with Crippen molar-refractivity contribution in [2.24, 2.45) is 5.18 Å². The van der Waals surface area contributed by atoms with Gasteiger partial charge >= 0.3 is 0 Å². The zero-order valence-electron chi connectivity index (χ0n) is 3.74. The van der Waals surface area contributed by atoms with Crippen LogP contribution in [0.5, 0.6) is 0 Å². The monoisotopic (exact) mass is 105 g/mol. The van der Waals surface area contributed by atoms with Crippen LogP contribution in [0.15, 0.2) is 5.18 Å². The van der Waals surface area contributed by atoms with Gasteiger partial charge < -0.3 is 10.2 Å².